The van der Waals surface area contributed by atoms with Crippen LogP contribution in [0.5, 0.6) is 0 Å². The Morgan fingerprint density at radius 1 is 1.43 bits per heavy atom. The molecule has 0 radical (unpaired) electrons. The standard InChI is InChI=1S/C10H9N3O/c11-10(12)7-2-1-6-3-8(5-14)13-9(6)4-7/h1-5,13H,(H3,11,12). The molecule has 2 rings (SSSR count). The van der Waals surface area contributed by atoms with E-state index in [4.69, 9.17) is 11.1 Å². The van der Waals surface area contributed by atoms with Crippen LogP contribution >= 0.6 is 0 Å². The summed E-state index contributed by atoms with van der Waals surface area (Å²) in [6, 6.07) is 7.10. The Morgan fingerprint density at radius 3 is 2.86 bits per heavy atom. The summed E-state index contributed by atoms with van der Waals surface area (Å²) in [5.74, 6) is 0.0224. The molecule has 0 aliphatic rings. The van der Waals surface area contributed by atoms with Crippen LogP contribution in [0.25, 0.3) is 10.9 Å². The predicted molar refractivity (Wildman–Crippen MR) is 54.7 cm³/mol. The van der Waals surface area contributed by atoms with Crippen LogP contribution in [0.3, 0.4) is 0 Å². The number of amidine groups is 1. The summed E-state index contributed by atoms with van der Waals surface area (Å²) in [6.45, 7) is 0. The maximum absolute atomic E-state index is 10.5. The lowest BCUT2D eigenvalue weighted by Crippen LogP contribution is -2.10. The first-order chi connectivity index (χ1) is 6.70. The Balaban J connectivity index is 2.65. The second-order valence-corrected chi connectivity index (χ2v) is 3.06. The van der Waals surface area contributed by atoms with E-state index in [1.807, 2.05) is 6.07 Å². The van der Waals surface area contributed by atoms with Gasteiger partial charge < -0.3 is 10.7 Å². The minimum Gasteiger partial charge on any atom is -0.384 e. The van der Waals surface area contributed by atoms with Gasteiger partial charge >= 0.3 is 0 Å². The highest BCUT2D eigenvalue weighted by atomic mass is 16.1. The van der Waals surface area contributed by atoms with Gasteiger partial charge in [0.15, 0.2) is 6.29 Å². The van der Waals surface area contributed by atoms with Crippen molar-refractivity contribution in [3.05, 3.63) is 35.5 Å². The molecule has 0 amide bonds. The Kier molecular flexibility index (Phi) is 1.81. The van der Waals surface area contributed by atoms with Crippen molar-refractivity contribution in [3.63, 3.8) is 0 Å². The van der Waals surface area contributed by atoms with E-state index >= 15 is 0 Å². The van der Waals surface area contributed by atoms with Gasteiger partial charge in [0.25, 0.3) is 0 Å². The molecule has 1 aromatic carbocycles. The first kappa shape index (κ1) is 8.50. The van der Waals surface area contributed by atoms with Gasteiger partial charge in [-0.1, -0.05) is 12.1 Å². The highest BCUT2D eigenvalue weighted by Gasteiger charge is 2.02. The fraction of sp³-hybridized carbons (Fsp3) is 0. The number of nitrogens with one attached hydrogen (secondary N) is 2. The lowest BCUT2D eigenvalue weighted by Gasteiger charge is -1.96. The van der Waals surface area contributed by atoms with Crippen molar-refractivity contribution in [2.75, 3.05) is 0 Å². The third kappa shape index (κ3) is 1.26. The van der Waals surface area contributed by atoms with Crippen LogP contribution in [-0.2, 0) is 0 Å². The molecule has 4 heteroatoms. The first-order valence-electron chi connectivity index (χ1n) is 4.13. The van der Waals surface area contributed by atoms with Gasteiger partial charge in [0.2, 0.25) is 0 Å². The van der Waals surface area contributed by atoms with Crippen LogP contribution in [0.15, 0.2) is 24.3 Å². The largest absolute Gasteiger partial charge is 0.384 e. The minimum atomic E-state index is 0.0224. The zero-order valence-electron chi connectivity index (χ0n) is 7.37. The molecule has 0 atom stereocenters. The van der Waals surface area contributed by atoms with E-state index in [9.17, 15) is 4.79 Å². The zero-order chi connectivity index (χ0) is 10.1. The van der Waals surface area contributed by atoms with Gasteiger partial charge in [-0.25, -0.2) is 0 Å². The number of aromatic amines is 1. The number of nitrogen functional groups attached to an aromatic ring is 1. The molecule has 0 saturated carbocycles. The molecule has 0 saturated heterocycles. The summed E-state index contributed by atoms with van der Waals surface area (Å²) in [7, 11) is 0. The maximum Gasteiger partial charge on any atom is 0.166 e. The summed E-state index contributed by atoms with van der Waals surface area (Å²) in [5.41, 5.74) is 7.34. The Bertz CT molecular complexity index is 513. The van der Waals surface area contributed by atoms with E-state index in [1.54, 1.807) is 18.2 Å². The second-order valence-electron chi connectivity index (χ2n) is 3.06. The average Bonchev–Trinajstić information content (AvgIpc) is 2.58. The molecule has 0 unspecified atom stereocenters. The van der Waals surface area contributed by atoms with Gasteiger partial charge in [-0.05, 0) is 12.1 Å². The monoisotopic (exact) mass is 187 g/mol. The fourth-order valence-electron chi connectivity index (χ4n) is 1.38. The summed E-state index contributed by atoms with van der Waals surface area (Å²) in [5, 5.41) is 8.20. The molecule has 2 aromatic rings. The normalized spacial score (nSPS) is 10.3. The molecule has 0 aliphatic carbocycles. The topological polar surface area (TPSA) is 82.7 Å². The molecule has 70 valence electrons. The van der Waals surface area contributed by atoms with E-state index in [-0.39, 0.29) is 5.84 Å². The van der Waals surface area contributed by atoms with Crippen molar-refractivity contribution in [3.8, 4) is 0 Å². The minimum absolute atomic E-state index is 0.0224. The Hall–Kier alpha value is -2.10. The van der Waals surface area contributed by atoms with Crippen LogP contribution in [0.2, 0.25) is 0 Å². The third-order valence-corrected chi connectivity index (χ3v) is 2.08. The first-order valence-corrected chi connectivity index (χ1v) is 4.13. The molecule has 1 aromatic heterocycles. The molecule has 0 aliphatic heterocycles. The van der Waals surface area contributed by atoms with Crippen LogP contribution < -0.4 is 5.73 Å². The fourth-order valence-corrected chi connectivity index (χ4v) is 1.38. The van der Waals surface area contributed by atoms with Crippen molar-refractivity contribution < 1.29 is 4.79 Å². The number of aromatic nitrogens is 1. The van der Waals surface area contributed by atoms with Gasteiger partial charge in [0.1, 0.15) is 5.84 Å². The molecule has 14 heavy (non-hydrogen) atoms. The second kappa shape index (κ2) is 2.99. The van der Waals surface area contributed by atoms with Crippen LogP contribution in [-0.4, -0.2) is 17.1 Å². The highest BCUT2D eigenvalue weighted by Crippen LogP contribution is 2.15. The highest BCUT2D eigenvalue weighted by molar-refractivity contribution is 5.99. The van der Waals surface area contributed by atoms with Crippen molar-refractivity contribution in [1.29, 1.82) is 5.41 Å². The average molecular weight is 187 g/mol. The number of carbonyl (C=O) groups excluding carboxylic acids is 1. The number of H-pyrrole nitrogens is 1. The Labute approximate surface area is 80.2 Å². The zero-order valence-corrected chi connectivity index (χ0v) is 7.37. The predicted octanol–water partition coefficient (Wildman–Crippen LogP) is 1.26. The van der Waals surface area contributed by atoms with Gasteiger partial charge in [-0.15, -0.1) is 0 Å². The number of hydrogen-bond acceptors (Lipinski definition) is 2. The number of fused-ring (bicyclic) bond motifs is 1. The van der Waals surface area contributed by atoms with Gasteiger partial charge in [-0.2, -0.15) is 0 Å². The molecule has 1 heterocycles. The number of aldehydes is 1. The number of benzene rings is 1. The van der Waals surface area contributed by atoms with E-state index in [0.29, 0.717) is 11.3 Å². The van der Waals surface area contributed by atoms with Crippen molar-refractivity contribution in [1.82, 2.24) is 4.98 Å². The number of hydrogen-bond donors (Lipinski definition) is 3. The van der Waals surface area contributed by atoms with Gasteiger partial charge in [0.05, 0.1) is 5.69 Å². The van der Waals surface area contributed by atoms with Crippen molar-refractivity contribution in [2.45, 2.75) is 0 Å². The van der Waals surface area contributed by atoms with E-state index in [0.717, 1.165) is 17.2 Å². The molecule has 4 N–H and O–H groups in total. The van der Waals surface area contributed by atoms with Gasteiger partial charge in [-0.3, -0.25) is 10.2 Å². The number of carbonyl (C=O) groups is 1. The smallest absolute Gasteiger partial charge is 0.166 e. The van der Waals surface area contributed by atoms with Crippen molar-refractivity contribution >= 4 is 23.0 Å². The summed E-state index contributed by atoms with van der Waals surface area (Å²) < 4.78 is 0. The maximum atomic E-state index is 10.5. The molecular weight excluding hydrogens is 178 g/mol. The van der Waals surface area contributed by atoms with Crippen LogP contribution in [0.4, 0.5) is 0 Å². The summed E-state index contributed by atoms with van der Waals surface area (Å²) in [4.78, 5) is 13.4. The van der Waals surface area contributed by atoms with E-state index in [1.165, 1.54) is 0 Å². The lowest BCUT2D eigenvalue weighted by atomic mass is 10.1. The molecular formula is C10H9N3O. The van der Waals surface area contributed by atoms with E-state index < -0.39 is 0 Å². The SMILES string of the molecule is N=C(N)c1ccc2cc(C=O)[nH]c2c1. The van der Waals surface area contributed by atoms with Crippen LogP contribution in [0.1, 0.15) is 16.1 Å². The summed E-state index contributed by atoms with van der Waals surface area (Å²) in [6.07, 6.45) is 0.757. The van der Waals surface area contributed by atoms with Crippen molar-refractivity contribution in [2.24, 2.45) is 5.73 Å². The van der Waals surface area contributed by atoms with Crippen LogP contribution in [0, 0.1) is 5.41 Å². The van der Waals surface area contributed by atoms with Gasteiger partial charge in [0, 0.05) is 16.5 Å². The lowest BCUT2D eigenvalue weighted by molar-refractivity contribution is 0.112. The molecule has 0 bridgehead atoms. The third-order valence-electron chi connectivity index (χ3n) is 2.08. The number of rotatable bonds is 2. The molecule has 4 nitrogen and oxygen atoms in total. The quantitative estimate of drug-likeness (QED) is 0.376. The Morgan fingerprint density at radius 2 is 2.21 bits per heavy atom. The summed E-state index contributed by atoms with van der Waals surface area (Å²) >= 11 is 0. The number of nitrogens with two attached hydrogens (primary N) is 1. The molecule has 0 fully saturated rings. The van der Waals surface area contributed by atoms with E-state index in [2.05, 4.69) is 4.98 Å². The molecule has 0 spiro atoms.